The van der Waals surface area contributed by atoms with E-state index in [1.807, 2.05) is 31.3 Å². The number of piperidine rings is 1. The maximum atomic E-state index is 12.4. The standard InChI is InChI=1S/C20H22N4OS/c1-14-22-23-20(26-14)15-5-6-16-12-21-18(10-17(16)9-15)11-19(25)13-24-7-3-2-4-8-24/h5-6,9-10,12H,2-4,7-8,11,13H2,1H3. The average molecular weight is 366 g/mol. The quantitative estimate of drug-likeness (QED) is 0.690. The molecule has 4 rings (SSSR count). The van der Waals surface area contributed by atoms with E-state index in [9.17, 15) is 4.79 Å². The molecule has 5 nitrogen and oxygen atoms in total. The summed E-state index contributed by atoms with van der Waals surface area (Å²) < 4.78 is 0. The number of fused-ring (bicyclic) bond motifs is 1. The number of benzene rings is 1. The Bertz CT molecular complexity index is 930. The van der Waals surface area contributed by atoms with Crippen LogP contribution in [-0.4, -0.2) is 45.5 Å². The topological polar surface area (TPSA) is 59.0 Å². The van der Waals surface area contributed by atoms with Crippen molar-refractivity contribution in [2.75, 3.05) is 19.6 Å². The maximum absolute atomic E-state index is 12.4. The zero-order chi connectivity index (χ0) is 17.9. The van der Waals surface area contributed by atoms with Crippen LogP contribution < -0.4 is 0 Å². The summed E-state index contributed by atoms with van der Waals surface area (Å²) in [6.07, 6.45) is 5.95. The van der Waals surface area contributed by atoms with Gasteiger partial charge >= 0.3 is 0 Å². The van der Waals surface area contributed by atoms with Crippen molar-refractivity contribution in [3.63, 3.8) is 0 Å². The molecule has 1 aromatic carbocycles. The Balaban J connectivity index is 1.51. The van der Waals surface area contributed by atoms with Crippen LogP contribution >= 0.6 is 11.3 Å². The van der Waals surface area contributed by atoms with Gasteiger partial charge in [-0.1, -0.05) is 29.9 Å². The number of carbonyl (C=O) groups excluding carboxylic acids is 1. The highest BCUT2D eigenvalue weighted by Crippen LogP contribution is 2.27. The van der Waals surface area contributed by atoms with Crippen molar-refractivity contribution >= 4 is 27.9 Å². The van der Waals surface area contributed by atoms with Crippen LogP contribution in [0.25, 0.3) is 21.3 Å². The number of aryl methyl sites for hydroxylation is 1. The number of hydrogen-bond donors (Lipinski definition) is 0. The first-order chi connectivity index (χ1) is 12.7. The molecule has 26 heavy (non-hydrogen) atoms. The van der Waals surface area contributed by atoms with E-state index in [0.717, 1.165) is 45.1 Å². The molecule has 1 aliphatic rings. The van der Waals surface area contributed by atoms with Crippen molar-refractivity contribution in [3.05, 3.63) is 41.2 Å². The molecule has 0 unspecified atom stereocenters. The molecule has 0 bridgehead atoms. The van der Waals surface area contributed by atoms with Crippen LogP contribution in [0.15, 0.2) is 30.5 Å². The van der Waals surface area contributed by atoms with Crippen molar-refractivity contribution in [2.45, 2.75) is 32.6 Å². The summed E-state index contributed by atoms with van der Waals surface area (Å²) in [7, 11) is 0. The largest absolute Gasteiger partial charge is 0.298 e. The molecule has 0 aliphatic carbocycles. The van der Waals surface area contributed by atoms with E-state index in [1.165, 1.54) is 19.3 Å². The Hall–Kier alpha value is -2.18. The summed E-state index contributed by atoms with van der Waals surface area (Å²) in [6.45, 7) is 4.59. The molecule has 134 valence electrons. The molecule has 3 heterocycles. The lowest BCUT2D eigenvalue weighted by atomic mass is 10.1. The van der Waals surface area contributed by atoms with Crippen LogP contribution in [0, 0.1) is 6.92 Å². The second-order valence-electron chi connectivity index (χ2n) is 6.92. The third-order valence-electron chi connectivity index (χ3n) is 4.78. The minimum Gasteiger partial charge on any atom is -0.298 e. The van der Waals surface area contributed by atoms with Crippen molar-refractivity contribution in [2.24, 2.45) is 0 Å². The van der Waals surface area contributed by atoms with Gasteiger partial charge in [-0.3, -0.25) is 14.7 Å². The second kappa shape index (κ2) is 7.60. The zero-order valence-electron chi connectivity index (χ0n) is 14.9. The highest BCUT2D eigenvalue weighted by molar-refractivity contribution is 7.14. The first-order valence-corrected chi connectivity index (χ1v) is 9.92. The van der Waals surface area contributed by atoms with Crippen molar-refractivity contribution < 1.29 is 4.79 Å². The van der Waals surface area contributed by atoms with Gasteiger partial charge in [0.25, 0.3) is 0 Å². The van der Waals surface area contributed by atoms with E-state index >= 15 is 0 Å². The van der Waals surface area contributed by atoms with Crippen molar-refractivity contribution in [3.8, 4) is 10.6 Å². The summed E-state index contributed by atoms with van der Waals surface area (Å²) in [5, 5.41) is 12.4. The number of aromatic nitrogens is 3. The van der Waals surface area contributed by atoms with Gasteiger partial charge in [0, 0.05) is 22.8 Å². The summed E-state index contributed by atoms with van der Waals surface area (Å²) >= 11 is 1.59. The summed E-state index contributed by atoms with van der Waals surface area (Å²) in [4.78, 5) is 19.2. The van der Waals surface area contributed by atoms with E-state index in [1.54, 1.807) is 11.3 Å². The fourth-order valence-corrected chi connectivity index (χ4v) is 4.14. The number of hydrogen-bond acceptors (Lipinski definition) is 6. The Morgan fingerprint density at radius 3 is 2.73 bits per heavy atom. The monoisotopic (exact) mass is 366 g/mol. The molecule has 0 spiro atoms. The smallest absolute Gasteiger partial charge is 0.152 e. The molecule has 3 aromatic rings. The van der Waals surface area contributed by atoms with Crippen LogP contribution in [-0.2, 0) is 11.2 Å². The lowest BCUT2D eigenvalue weighted by molar-refractivity contribution is -0.119. The number of rotatable bonds is 5. The third-order valence-corrected chi connectivity index (χ3v) is 5.67. The molecule has 0 N–H and O–H groups in total. The molecule has 6 heteroatoms. The summed E-state index contributed by atoms with van der Waals surface area (Å²) in [6, 6.07) is 8.23. The molecule has 0 atom stereocenters. The number of carbonyl (C=O) groups is 1. The first-order valence-electron chi connectivity index (χ1n) is 9.10. The molecule has 1 fully saturated rings. The predicted octanol–water partition coefficient (Wildman–Crippen LogP) is 3.66. The van der Waals surface area contributed by atoms with Gasteiger partial charge in [0.1, 0.15) is 10.0 Å². The summed E-state index contributed by atoms with van der Waals surface area (Å²) in [5.74, 6) is 0.245. The Morgan fingerprint density at radius 2 is 1.96 bits per heavy atom. The number of ketones is 1. The minimum absolute atomic E-state index is 0.245. The molecule has 1 saturated heterocycles. The van der Waals surface area contributed by atoms with Crippen LogP contribution in [0.3, 0.4) is 0 Å². The maximum Gasteiger partial charge on any atom is 0.152 e. The van der Waals surface area contributed by atoms with Crippen molar-refractivity contribution in [1.29, 1.82) is 0 Å². The van der Waals surface area contributed by atoms with E-state index in [4.69, 9.17) is 0 Å². The Morgan fingerprint density at radius 1 is 1.12 bits per heavy atom. The van der Waals surface area contributed by atoms with Gasteiger partial charge < -0.3 is 0 Å². The lowest BCUT2D eigenvalue weighted by Crippen LogP contribution is -2.35. The second-order valence-corrected chi connectivity index (χ2v) is 8.10. The molecule has 0 saturated carbocycles. The van der Waals surface area contributed by atoms with Crippen molar-refractivity contribution in [1.82, 2.24) is 20.1 Å². The van der Waals surface area contributed by atoms with Crippen LogP contribution in [0.5, 0.6) is 0 Å². The van der Waals surface area contributed by atoms with Gasteiger partial charge in [-0.2, -0.15) is 0 Å². The molecular formula is C20H22N4OS. The van der Waals surface area contributed by atoms with Gasteiger partial charge in [0.2, 0.25) is 0 Å². The number of Topliss-reactive ketones (excluding diaryl/α,β-unsaturated/α-hetero) is 1. The van der Waals surface area contributed by atoms with Crippen LogP contribution in [0.1, 0.15) is 30.0 Å². The van der Waals surface area contributed by atoms with Gasteiger partial charge in [-0.05, 0) is 50.4 Å². The van der Waals surface area contributed by atoms with Crippen LogP contribution in [0.4, 0.5) is 0 Å². The Labute approximate surface area is 157 Å². The molecule has 0 radical (unpaired) electrons. The highest BCUT2D eigenvalue weighted by atomic mass is 32.1. The molecular weight excluding hydrogens is 344 g/mol. The van der Waals surface area contributed by atoms with E-state index in [0.29, 0.717) is 13.0 Å². The summed E-state index contributed by atoms with van der Waals surface area (Å²) in [5.41, 5.74) is 1.89. The van der Waals surface area contributed by atoms with E-state index < -0.39 is 0 Å². The van der Waals surface area contributed by atoms with E-state index in [2.05, 4.69) is 26.1 Å². The minimum atomic E-state index is 0.245. The third kappa shape index (κ3) is 3.97. The molecule has 0 amide bonds. The fraction of sp³-hybridized carbons (Fsp3) is 0.400. The lowest BCUT2D eigenvalue weighted by Gasteiger charge is -2.25. The van der Waals surface area contributed by atoms with Gasteiger partial charge in [0.15, 0.2) is 5.78 Å². The zero-order valence-corrected chi connectivity index (χ0v) is 15.8. The predicted molar refractivity (Wildman–Crippen MR) is 104 cm³/mol. The normalized spacial score (nSPS) is 15.4. The highest BCUT2D eigenvalue weighted by Gasteiger charge is 2.15. The molecule has 2 aromatic heterocycles. The van der Waals surface area contributed by atoms with Gasteiger partial charge in [-0.25, -0.2) is 0 Å². The van der Waals surface area contributed by atoms with Gasteiger partial charge in [-0.15, -0.1) is 10.2 Å². The van der Waals surface area contributed by atoms with Crippen LogP contribution in [0.2, 0.25) is 0 Å². The van der Waals surface area contributed by atoms with Gasteiger partial charge in [0.05, 0.1) is 13.0 Å². The number of likely N-dealkylation sites (tertiary alicyclic amines) is 1. The Kier molecular flexibility index (Phi) is 5.04. The number of nitrogens with zero attached hydrogens (tertiary/aromatic N) is 4. The fourth-order valence-electron chi connectivity index (χ4n) is 3.45. The SMILES string of the molecule is Cc1nnc(-c2ccc3cnc(CC(=O)CN4CCCCC4)cc3c2)s1. The first kappa shape index (κ1) is 17.2. The van der Waals surface area contributed by atoms with E-state index in [-0.39, 0.29) is 5.78 Å². The molecule has 1 aliphatic heterocycles. The number of pyridine rings is 1. The average Bonchev–Trinajstić information content (AvgIpc) is 3.08.